The Morgan fingerprint density at radius 1 is 1.06 bits per heavy atom. The van der Waals surface area contributed by atoms with E-state index in [-0.39, 0.29) is 0 Å². The molecule has 0 nitrogen and oxygen atoms in total. The molecule has 0 N–H and O–H groups in total. The average Bonchev–Trinajstić information content (AvgIpc) is 2.33. The van der Waals surface area contributed by atoms with Gasteiger partial charge in [0.25, 0.3) is 0 Å². The highest BCUT2D eigenvalue weighted by Gasteiger charge is 2.22. The first-order valence-corrected chi connectivity index (χ1v) is 9.63. The van der Waals surface area contributed by atoms with Crippen molar-refractivity contribution in [3.05, 3.63) is 53.8 Å². The van der Waals surface area contributed by atoms with Gasteiger partial charge in [-0.1, -0.05) is 72.0 Å². The molecule has 0 spiro atoms. The molecule has 0 radical (unpaired) electrons. The van der Waals surface area contributed by atoms with Crippen molar-refractivity contribution in [1.82, 2.24) is 0 Å². The molecule has 0 aliphatic heterocycles. The molecular weight excluding hydrogens is 220 g/mol. The van der Waals surface area contributed by atoms with Crippen LogP contribution in [-0.2, 0) is 0 Å². The smallest absolute Gasteiger partial charge is 0.0956 e. The largest absolute Gasteiger partial charge is 0.104 e. The first-order chi connectivity index (χ1) is 8.09. The predicted molar refractivity (Wildman–Crippen MR) is 79.2 cm³/mol. The summed E-state index contributed by atoms with van der Waals surface area (Å²) in [5, 5.41) is 1.52. The second kappa shape index (κ2) is 5.05. The lowest BCUT2D eigenvalue weighted by Gasteiger charge is -2.24. The molecule has 0 atom stereocenters. The summed E-state index contributed by atoms with van der Waals surface area (Å²) in [5.41, 5.74) is 5.48. The fraction of sp³-hybridized carbons (Fsp3) is 0.375. The van der Waals surface area contributed by atoms with Crippen molar-refractivity contribution in [1.29, 1.82) is 0 Å². The first-order valence-electron chi connectivity index (χ1n) is 6.55. The van der Waals surface area contributed by atoms with Gasteiger partial charge in [0.05, 0.1) is 0 Å². The third-order valence-corrected chi connectivity index (χ3v) is 6.57. The second-order valence-electron chi connectivity index (χ2n) is 5.57. The Bertz CT molecular complexity index is 426. The SMILES string of the molecule is C=C1CCCC/C1=C\[Si](C)(C)c1ccccc1. The number of rotatable bonds is 2. The van der Waals surface area contributed by atoms with E-state index >= 15 is 0 Å². The van der Waals surface area contributed by atoms with E-state index in [0.717, 1.165) is 0 Å². The maximum absolute atomic E-state index is 4.23. The summed E-state index contributed by atoms with van der Waals surface area (Å²) in [4.78, 5) is 0. The lowest BCUT2D eigenvalue weighted by atomic mass is 9.92. The van der Waals surface area contributed by atoms with Gasteiger partial charge in [-0.25, -0.2) is 0 Å². The second-order valence-corrected chi connectivity index (χ2v) is 9.88. The Morgan fingerprint density at radius 2 is 1.71 bits per heavy atom. The third-order valence-electron chi connectivity index (χ3n) is 3.68. The molecule has 1 aliphatic rings. The Kier molecular flexibility index (Phi) is 3.68. The van der Waals surface area contributed by atoms with Gasteiger partial charge in [-0.3, -0.25) is 0 Å². The summed E-state index contributed by atoms with van der Waals surface area (Å²) in [6, 6.07) is 10.9. The van der Waals surface area contributed by atoms with Crippen LogP contribution in [0.15, 0.2) is 53.8 Å². The van der Waals surface area contributed by atoms with E-state index in [1.54, 1.807) is 0 Å². The van der Waals surface area contributed by atoms with Crippen molar-refractivity contribution < 1.29 is 0 Å². The molecule has 90 valence electrons. The van der Waals surface area contributed by atoms with Crippen molar-refractivity contribution in [3.8, 4) is 0 Å². The highest BCUT2D eigenvalue weighted by atomic mass is 28.3. The van der Waals surface area contributed by atoms with Crippen LogP contribution in [0.2, 0.25) is 13.1 Å². The van der Waals surface area contributed by atoms with Crippen LogP contribution in [0.5, 0.6) is 0 Å². The van der Waals surface area contributed by atoms with Crippen LogP contribution in [0.3, 0.4) is 0 Å². The number of benzene rings is 1. The Labute approximate surface area is 106 Å². The predicted octanol–water partition coefficient (Wildman–Crippen LogP) is 4.20. The topological polar surface area (TPSA) is 0 Å². The van der Waals surface area contributed by atoms with Gasteiger partial charge >= 0.3 is 0 Å². The van der Waals surface area contributed by atoms with Crippen LogP contribution in [0.4, 0.5) is 0 Å². The van der Waals surface area contributed by atoms with Crippen LogP contribution in [-0.4, -0.2) is 8.07 Å². The van der Waals surface area contributed by atoms with Crippen molar-refractivity contribution in [2.75, 3.05) is 0 Å². The fourth-order valence-corrected chi connectivity index (χ4v) is 4.99. The molecule has 0 unspecified atom stereocenters. The monoisotopic (exact) mass is 242 g/mol. The van der Waals surface area contributed by atoms with Gasteiger partial charge in [0, 0.05) is 0 Å². The van der Waals surface area contributed by atoms with Gasteiger partial charge in [0.15, 0.2) is 0 Å². The zero-order chi connectivity index (χ0) is 12.3. The van der Waals surface area contributed by atoms with E-state index in [9.17, 15) is 0 Å². The minimum Gasteiger partial charge on any atom is -0.0956 e. The maximum Gasteiger partial charge on any atom is 0.104 e. The molecule has 1 saturated carbocycles. The van der Waals surface area contributed by atoms with Crippen molar-refractivity contribution in [2.45, 2.75) is 38.8 Å². The van der Waals surface area contributed by atoms with Gasteiger partial charge in [0.1, 0.15) is 8.07 Å². The molecule has 0 amide bonds. The quantitative estimate of drug-likeness (QED) is 0.682. The normalized spacial score (nSPS) is 19.6. The van der Waals surface area contributed by atoms with Crippen molar-refractivity contribution >= 4 is 13.3 Å². The molecule has 1 fully saturated rings. The van der Waals surface area contributed by atoms with E-state index in [1.807, 2.05) is 0 Å². The molecule has 1 aromatic rings. The number of hydrogen-bond acceptors (Lipinski definition) is 0. The van der Waals surface area contributed by atoms with Gasteiger partial charge in [-0.05, 0) is 25.7 Å². The Balaban J connectivity index is 2.27. The van der Waals surface area contributed by atoms with E-state index < -0.39 is 8.07 Å². The van der Waals surface area contributed by atoms with Gasteiger partial charge in [-0.2, -0.15) is 0 Å². The molecule has 2 rings (SSSR count). The third kappa shape index (κ3) is 2.98. The van der Waals surface area contributed by atoms with Crippen LogP contribution in [0.25, 0.3) is 0 Å². The van der Waals surface area contributed by atoms with Gasteiger partial charge < -0.3 is 0 Å². The Hall–Kier alpha value is -1.08. The summed E-state index contributed by atoms with van der Waals surface area (Å²) in [6.07, 6.45) is 5.10. The summed E-state index contributed by atoms with van der Waals surface area (Å²) in [5.74, 6) is 0. The average molecular weight is 242 g/mol. The summed E-state index contributed by atoms with van der Waals surface area (Å²) in [7, 11) is -1.43. The molecule has 0 saturated heterocycles. The highest BCUT2D eigenvalue weighted by molar-refractivity contribution is 6.94. The van der Waals surface area contributed by atoms with Crippen molar-refractivity contribution in [2.24, 2.45) is 0 Å². The zero-order valence-corrected chi connectivity index (χ0v) is 12.0. The lowest BCUT2D eigenvalue weighted by molar-refractivity contribution is 0.681. The standard InChI is InChI=1S/C16H22Si/c1-14-9-7-8-10-15(14)13-17(2,3)16-11-5-4-6-12-16/h4-6,11-13H,1,7-10H2,2-3H3/b15-13+. The van der Waals surface area contributed by atoms with Crippen LogP contribution >= 0.6 is 0 Å². The number of hydrogen-bond donors (Lipinski definition) is 0. The zero-order valence-electron chi connectivity index (χ0n) is 11.0. The van der Waals surface area contributed by atoms with E-state index in [4.69, 9.17) is 0 Å². The molecular formula is C16H22Si. The lowest BCUT2D eigenvalue weighted by Crippen LogP contribution is -2.39. The van der Waals surface area contributed by atoms with Crippen LogP contribution in [0.1, 0.15) is 25.7 Å². The molecule has 1 heteroatoms. The molecule has 1 aromatic carbocycles. The minimum atomic E-state index is -1.43. The van der Waals surface area contributed by atoms with Crippen LogP contribution in [0, 0.1) is 0 Å². The molecule has 0 heterocycles. The van der Waals surface area contributed by atoms with Gasteiger partial charge in [-0.15, -0.1) is 0 Å². The fourth-order valence-electron chi connectivity index (χ4n) is 2.55. The van der Waals surface area contributed by atoms with E-state index in [2.05, 4.69) is 55.7 Å². The van der Waals surface area contributed by atoms with Crippen molar-refractivity contribution in [3.63, 3.8) is 0 Å². The minimum absolute atomic E-state index is 1.20. The summed E-state index contributed by atoms with van der Waals surface area (Å²) in [6.45, 7) is 9.08. The molecule has 0 bridgehead atoms. The number of allylic oxidation sites excluding steroid dienone is 2. The maximum atomic E-state index is 4.23. The summed E-state index contributed by atoms with van der Waals surface area (Å²) < 4.78 is 0. The molecule has 0 aromatic heterocycles. The van der Waals surface area contributed by atoms with Crippen LogP contribution < -0.4 is 5.19 Å². The summed E-state index contributed by atoms with van der Waals surface area (Å²) >= 11 is 0. The molecule has 17 heavy (non-hydrogen) atoms. The Morgan fingerprint density at radius 3 is 2.35 bits per heavy atom. The van der Waals surface area contributed by atoms with Gasteiger partial charge in [0.2, 0.25) is 0 Å². The first kappa shape index (κ1) is 12.4. The molecule has 1 aliphatic carbocycles. The van der Waals surface area contributed by atoms with E-state index in [0.29, 0.717) is 0 Å². The highest BCUT2D eigenvalue weighted by Crippen LogP contribution is 2.28. The van der Waals surface area contributed by atoms with E-state index in [1.165, 1.54) is 42.0 Å².